The highest BCUT2D eigenvalue weighted by atomic mass is 32.5. The Balaban J connectivity index is 2.24. The smallest absolute Gasteiger partial charge is 0.387 e. The summed E-state index contributed by atoms with van der Waals surface area (Å²) in [6, 6.07) is 0.945. The highest BCUT2D eigenvalue weighted by Gasteiger charge is 2.57. The number of phosphoric acid groups is 2. The first-order valence-corrected chi connectivity index (χ1v) is 13.8. The van der Waals surface area contributed by atoms with Crippen LogP contribution in [0.25, 0.3) is 0 Å². The molecule has 1 aromatic heterocycles. The topological polar surface area (TPSA) is 247 Å². The minimum absolute atomic E-state index is 0.0646. The van der Waals surface area contributed by atoms with Crippen LogP contribution in [0.15, 0.2) is 34.0 Å². The third-order valence-corrected chi connectivity index (χ3v) is 8.81. The molecule has 1 aromatic rings. The van der Waals surface area contributed by atoms with Crippen molar-refractivity contribution in [3.05, 3.63) is 45.3 Å². The van der Waals surface area contributed by atoms with Crippen molar-refractivity contribution in [2.24, 2.45) is 0 Å². The first-order valence-electron chi connectivity index (χ1n) is 8.20. The van der Waals surface area contributed by atoms with Gasteiger partial charge < -0.3 is 39.0 Å². The molecule has 0 bridgehead atoms. The van der Waals surface area contributed by atoms with Gasteiger partial charge >= 0.3 is 28.1 Å². The number of nitrogens with one attached hydrogen (secondary N) is 1. The van der Waals surface area contributed by atoms with Gasteiger partial charge in [0.25, 0.3) is 5.56 Å². The third kappa shape index (κ3) is 6.38. The second kappa shape index (κ2) is 9.41. The summed E-state index contributed by atoms with van der Waals surface area (Å²) in [7, 11) is -11.1. The molecule has 16 nitrogen and oxygen atoms in total. The molecule has 2 rings (SSSR count). The minimum atomic E-state index is -5.56. The Kier molecular flexibility index (Phi) is 8.05. The molecule has 0 aliphatic carbocycles. The second-order valence-corrected chi connectivity index (χ2v) is 12.3. The summed E-state index contributed by atoms with van der Waals surface area (Å²) in [6.45, 7) is -0.757. The molecule has 1 saturated heterocycles. The number of H-pyrrole nitrogens is 1. The van der Waals surface area contributed by atoms with Gasteiger partial charge in [0.1, 0.15) is 12.2 Å². The zero-order chi connectivity index (χ0) is 24.7. The Morgan fingerprint density at radius 3 is 2.41 bits per heavy atom. The van der Waals surface area contributed by atoms with Gasteiger partial charge in [-0.05, 0) is 24.3 Å². The molecule has 2 unspecified atom stereocenters. The van der Waals surface area contributed by atoms with Crippen LogP contribution in [0, 0.1) is 0 Å². The monoisotopic (exact) mass is 540 g/mol. The Hall–Kier alpha value is -0.870. The van der Waals surface area contributed by atoms with E-state index in [2.05, 4.69) is 27.0 Å². The van der Waals surface area contributed by atoms with Crippen molar-refractivity contribution in [2.45, 2.75) is 31.0 Å². The first-order chi connectivity index (χ1) is 14.4. The maximum Gasteiger partial charge on any atom is 0.488 e. The molecule has 7 N–H and O–H groups in total. The Morgan fingerprint density at radius 2 is 1.91 bits per heavy atom. The lowest BCUT2D eigenvalue weighted by Crippen LogP contribution is -2.49. The van der Waals surface area contributed by atoms with Crippen molar-refractivity contribution >= 4 is 34.2 Å². The number of rotatable bonds is 9. The van der Waals surface area contributed by atoms with Gasteiger partial charge in [-0.25, -0.2) is 18.2 Å². The van der Waals surface area contributed by atoms with Crippen molar-refractivity contribution in [3.63, 3.8) is 0 Å². The maximum atomic E-state index is 12.1. The van der Waals surface area contributed by atoms with E-state index in [4.69, 9.17) is 19.0 Å². The molecule has 0 aromatic carbocycles. The molecular formula is C12H19N2O14P3S. The van der Waals surface area contributed by atoms with E-state index in [1.165, 1.54) is 6.92 Å². The van der Waals surface area contributed by atoms with Crippen molar-refractivity contribution in [1.82, 2.24) is 9.55 Å². The van der Waals surface area contributed by atoms with Gasteiger partial charge in [-0.1, -0.05) is 6.58 Å². The second-order valence-electron chi connectivity index (χ2n) is 6.48. The average molecular weight is 540 g/mol. The van der Waals surface area contributed by atoms with Crippen LogP contribution >= 0.6 is 22.4 Å². The first kappa shape index (κ1) is 27.4. The van der Waals surface area contributed by atoms with Crippen molar-refractivity contribution < 1.29 is 56.8 Å². The fraction of sp³-hybridized carbons (Fsp3) is 0.500. The SMILES string of the molecule is C=C(C)[C@@]1(O)[C@H](O)[C@@H](COP(O)(=S)OP(=O)(O)OP(=O)(O)O)O[C@H]1n1ccc(=O)[nH]c1=O. The number of hydrogen-bond acceptors (Lipinski definition) is 11. The lowest BCUT2D eigenvalue weighted by atomic mass is 9.87. The van der Waals surface area contributed by atoms with Crippen molar-refractivity contribution in [1.29, 1.82) is 0 Å². The summed E-state index contributed by atoms with van der Waals surface area (Å²) in [4.78, 5) is 61.6. The van der Waals surface area contributed by atoms with Gasteiger partial charge in [0, 0.05) is 12.3 Å². The van der Waals surface area contributed by atoms with Crippen LogP contribution in [0.5, 0.6) is 0 Å². The molecule has 0 saturated carbocycles. The fourth-order valence-corrected chi connectivity index (χ4v) is 6.70. The number of aromatic nitrogens is 2. The van der Waals surface area contributed by atoms with Gasteiger partial charge in [0.05, 0.1) is 6.61 Å². The van der Waals surface area contributed by atoms with E-state index in [0.29, 0.717) is 0 Å². The molecule has 1 aliphatic rings. The Labute approximate surface area is 183 Å². The van der Waals surface area contributed by atoms with Crippen LogP contribution in [0.1, 0.15) is 13.2 Å². The van der Waals surface area contributed by atoms with E-state index in [1.807, 2.05) is 4.98 Å². The maximum absolute atomic E-state index is 12.1. The molecule has 20 heteroatoms. The number of aromatic amines is 1. The normalized spacial score (nSPS) is 29.9. The largest absolute Gasteiger partial charge is 0.488 e. The van der Waals surface area contributed by atoms with Crippen LogP contribution in [0.3, 0.4) is 0 Å². The summed E-state index contributed by atoms with van der Waals surface area (Å²) < 4.78 is 40.7. The van der Waals surface area contributed by atoms with Gasteiger partial charge in [-0.2, -0.15) is 4.31 Å². The van der Waals surface area contributed by atoms with Crippen molar-refractivity contribution in [2.75, 3.05) is 6.61 Å². The third-order valence-electron chi connectivity index (χ3n) is 4.09. The predicted octanol–water partition coefficient (Wildman–Crippen LogP) is -1.44. The van der Waals surface area contributed by atoms with E-state index in [1.54, 1.807) is 0 Å². The number of aliphatic hydroxyl groups excluding tert-OH is 1. The highest BCUT2D eigenvalue weighted by Crippen LogP contribution is 2.66. The highest BCUT2D eigenvalue weighted by molar-refractivity contribution is 8.08. The number of hydrogen-bond donors (Lipinski definition) is 7. The standard InChI is InChI=1S/C12H19N2O14P3S/c1-6(2)12(18)9(16)7(26-10(12)14-4-3-8(15)13-11(14)17)5-25-31(24,32)28-30(22,23)27-29(19,20)21/h3-4,7,9-10,16,18H,1,5H2,2H3,(H,22,23)(H,24,32)(H,13,15,17)(H2,19,20,21)/t7-,9-,10-,12-,31?/m1/s1. The van der Waals surface area contributed by atoms with Gasteiger partial charge in [-0.15, -0.1) is 0 Å². The quantitative estimate of drug-likeness (QED) is 0.140. The number of ether oxygens (including phenoxy) is 1. The van der Waals surface area contributed by atoms with Crippen LogP contribution in [-0.4, -0.2) is 63.8 Å². The van der Waals surface area contributed by atoms with Crippen molar-refractivity contribution in [3.8, 4) is 0 Å². The molecule has 1 fully saturated rings. The summed E-state index contributed by atoms with van der Waals surface area (Å²) >= 11 is 4.47. The molecule has 182 valence electrons. The molecule has 0 amide bonds. The lowest BCUT2D eigenvalue weighted by molar-refractivity contribution is -0.0869. The minimum Gasteiger partial charge on any atom is -0.387 e. The lowest BCUT2D eigenvalue weighted by Gasteiger charge is -2.32. The summed E-state index contributed by atoms with van der Waals surface area (Å²) in [5, 5.41) is 21.5. The Morgan fingerprint density at radius 1 is 1.31 bits per heavy atom. The van der Waals surface area contributed by atoms with Gasteiger partial charge in [0.2, 0.25) is 0 Å². The Bertz CT molecular complexity index is 1140. The van der Waals surface area contributed by atoms with E-state index < -0.39 is 64.3 Å². The molecule has 6 atom stereocenters. The molecule has 0 radical (unpaired) electrons. The molecule has 1 aliphatic heterocycles. The zero-order valence-corrected chi connectivity index (χ0v) is 19.4. The van der Waals surface area contributed by atoms with E-state index in [9.17, 15) is 38.7 Å². The van der Waals surface area contributed by atoms with Gasteiger partial charge in [0.15, 0.2) is 11.8 Å². The number of aliphatic hydroxyl groups is 2. The van der Waals surface area contributed by atoms with E-state index in [-0.39, 0.29) is 5.57 Å². The average Bonchev–Trinajstić information content (AvgIpc) is 2.83. The number of nitrogens with zero attached hydrogens (tertiary/aromatic N) is 1. The van der Waals surface area contributed by atoms with E-state index >= 15 is 0 Å². The van der Waals surface area contributed by atoms with Gasteiger partial charge in [-0.3, -0.25) is 14.3 Å². The van der Waals surface area contributed by atoms with Crippen LogP contribution in [0.2, 0.25) is 0 Å². The molecular weight excluding hydrogens is 521 g/mol. The zero-order valence-electron chi connectivity index (χ0n) is 15.9. The molecule has 32 heavy (non-hydrogen) atoms. The van der Waals surface area contributed by atoms with Crippen LogP contribution < -0.4 is 11.2 Å². The van der Waals surface area contributed by atoms with Crippen LogP contribution in [-0.2, 0) is 38.8 Å². The van der Waals surface area contributed by atoms with E-state index in [0.717, 1.165) is 16.8 Å². The summed E-state index contributed by atoms with van der Waals surface area (Å²) in [5.74, 6) is 0. The fourth-order valence-electron chi connectivity index (χ4n) is 2.73. The molecule has 2 heterocycles. The summed E-state index contributed by atoms with van der Waals surface area (Å²) in [5.41, 5.74) is -4.11. The predicted molar refractivity (Wildman–Crippen MR) is 107 cm³/mol. The molecule has 0 spiro atoms. The summed E-state index contributed by atoms with van der Waals surface area (Å²) in [6.07, 6.45) is -4.05. The van der Waals surface area contributed by atoms with Crippen LogP contribution in [0.4, 0.5) is 0 Å².